The van der Waals surface area contributed by atoms with Gasteiger partial charge in [0.2, 0.25) is 5.95 Å². The molecule has 23 heavy (non-hydrogen) atoms. The quantitative estimate of drug-likeness (QED) is 0.945. The molecule has 2 heterocycles. The maximum atomic E-state index is 13.2. The number of halogens is 2. The van der Waals surface area contributed by atoms with E-state index in [0.29, 0.717) is 11.6 Å². The Hall–Kier alpha value is -2.57. The lowest BCUT2D eigenvalue weighted by molar-refractivity contribution is 0.102. The second kappa shape index (κ2) is 6.28. The van der Waals surface area contributed by atoms with E-state index in [1.165, 1.54) is 6.07 Å². The number of anilines is 2. The van der Waals surface area contributed by atoms with Crippen LogP contribution in [0.1, 0.15) is 29.0 Å². The Morgan fingerprint density at radius 3 is 2.57 bits per heavy atom. The average Bonchev–Trinajstić information content (AvgIpc) is 3.05. The van der Waals surface area contributed by atoms with E-state index in [9.17, 15) is 13.6 Å². The van der Waals surface area contributed by atoms with Crippen molar-refractivity contribution in [1.29, 1.82) is 0 Å². The summed E-state index contributed by atoms with van der Waals surface area (Å²) in [5.41, 5.74) is 1.05. The van der Waals surface area contributed by atoms with Gasteiger partial charge in [-0.2, -0.15) is 0 Å². The molecule has 0 saturated carbocycles. The molecular weight excluding hydrogens is 302 g/mol. The molecule has 1 aliphatic heterocycles. The number of benzene rings is 1. The summed E-state index contributed by atoms with van der Waals surface area (Å²) in [6.07, 6.45) is 2.15. The van der Waals surface area contributed by atoms with Crippen molar-refractivity contribution in [2.75, 3.05) is 23.3 Å². The van der Waals surface area contributed by atoms with Crippen LogP contribution in [0.15, 0.2) is 24.3 Å². The van der Waals surface area contributed by atoms with E-state index in [0.717, 1.165) is 38.1 Å². The van der Waals surface area contributed by atoms with Gasteiger partial charge in [-0.15, -0.1) is 0 Å². The highest BCUT2D eigenvalue weighted by Crippen LogP contribution is 2.18. The topological polar surface area (TPSA) is 58.1 Å². The van der Waals surface area contributed by atoms with Crippen LogP contribution >= 0.6 is 0 Å². The van der Waals surface area contributed by atoms with Gasteiger partial charge in [0, 0.05) is 30.5 Å². The Bertz CT molecular complexity index is 745. The van der Waals surface area contributed by atoms with Gasteiger partial charge in [0.05, 0.1) is 0 Å². The lowest BCUT2D eigenvalue weighted by Crippen LogP contribution is -2.23. The van der Waals surface area contributed by atoms with Crippen LogP contribution in [-0.2, 0) is 0 Å². The number of carbonyl (C=O) groups is 1. The largest absolute Gasteiger partial charge is 0.341 e. The summed E-state index contributed by atoms with van der Waals surface area (Å²) in [5.74, 6) is -1.93. The molecule has 0 unspecified atom stereocenters. The van der Waals surface area contributed by atoms with Crippen molar-refractivity contribution in [2.45, 2.75) is 19.8 Å². The first-order valence-electron chi connectivity index (χ1n) is 7.40. The van der Waals surface area contributed by atoms with Crippen LogP contribution in [0.5, 0.6) is 0 Å². The molecule has 120 valence electrons. The molecule has 1 N–H and O–H groups in total. The highest BCUT2D eigenvalue weighted by Gasteiger charge is 2.18. The molecule has 3 rings (SSSR count). The summed E-state index contributed by atoms with van der Waals surface area (Å²) in [6, 6.07) is 4.76. The molecule has 1 aromatic carbocycles. The van der Waals surface area contributed by atoms with E-state index >= 15 is 0 Å². The Balaban J connectivity index is 1.82. The molecule has 1 fully saturated rings. The summed E-state index contributed by atoms with van der Waals surface area (Å²) >= 11 is 0. The Morgan fingerprint density at radius 2 is 1.87 bits per heavy atom. The second-order valence-corrected chi connectivity index (χ2v) is 5.47. The second-order valence-electron chi connectivity index (χ2n) is 5.47. The van der Waals surface area contributed by atoms with Crippen molar-refractivity contribution >= 4 is 17.5 Å². The summed E-state index contributed by atoms with van der Waals surface area (Å²) in [4.78, 5) is 23.0. The predicted octanol–water partition coefficient (Wildman–Crippen LogP) is 2.92. The minimum Gasteiger partial charge on any atom is -0.341 e. The van der Waals surface area contributed by atoms with Gasteiger partial charge in [0.1, 0.15) is 5.69 Å². The van der Waals surface area contributed by atoms with E-state index in [1.807, 2.05) is 4.90 Å². The van der Waals surface area contributed by atoms with Crippen LogP contribution in [0, 0.1) is 18.6 Å². The molecule has 1 aliphatic rings. The Morgan fingerprint density at radius 1 is 1.13 bits per heavy atom. The van der Waals surface area contributed by atoms with Crippen molar-refractivity contribution in [1.82, 2.24) is 9.97 Å². The van der Waals surface area contributed by atoms with Crippen LogP contribution in [-0.4, -0.2) is 29.0 Å². The molecular formula is C16H16F2N4O. The van der Waals surface area contributed by atoms with E-state index < -0.39 is 17.5 Å². The summed E-state index contributed by atoms with van der Waals surface area (Å²) in [5, 5.41) is 2.52. The number of rotatable bonds is 3. The van der Waals surface area contributed by atoms with Crippen LogP contribution < -0.4 is 10.2 Å². The fourth-order valence-electron chi connectivity index (χ4n) is 2.50. The van der Waals surface area contributed by atoms with E-state index in [1.54, 1.807) is 13.0 Å². The van der Waals surface area contributed by atoms with Gasteiger partial charge in [0.15, 0.2) is 11.6 Å². The van der Waals surface area contributed by atoms with E-state index in [2.05, 4.69) is 15.3 Å². The van der Waals surface area contributed by atoms with Crippen LogP contribution in [0.2, 0.25) is 0 Å². The zero-order chi connectivity index (χ0) is 16.4. The number of carbonyl (C=O) groups excluding carboxylic acids is 1. The number of hydrogen-bond acceptors (Lipinski definition) is 4. The first kappa shape index (κ1) is 15.3. The van der Waals surface area contributed by atoms with Crippen molar-refractivity contribution in [2.24, 2.45) is 0 Å². The standard InChI is InChI=1S/C16H16F2N4O/c1-10-8-14(21-16(19-10)22-6-2-3-7-22)15(23)20-11-4-5-12(17)13(18)9-11/h4-5,8-9H,2-3,6-7H2,1H3,(H,20,23). The average molecular weight is 318 g/mol. The Kier molecular flexibility index (Phi) is 4.18. The lowest BCUT2D eigenvalue weighted by Gasteiger charge is -2.16. The smallest absolute Gasteiger partial charge is 0.274 e. The number of amides is 1. The van der Waals surface area contributed by atoms with Crippen LogP contribution in [0.3, 0.4) is 0 Å². The number of nitrogens with one attached hydrogen (secondary N) is 1. The maximum absolute atomic E-state index is 13.2. The minimum absolute atomic E-state index is 0.174. The van der Waals surface area contributed by atoms with Crippen molar-refractivity contribution in [3.05, 3.63) is 47.3 Å². The molecule has 0 aliphatic carbocycles. The van der Waals surface area contributed by atoms with Crippen LogP contribution in [0.4, 0.5) is 20.4 Å². The van der Waals surface area contributed by atoms with Crippen molar-refractivity contribution in [3.8, 4) is 0 Å². The third-order valence-corrected chi connectivity index (χ3v) is 3.64. The van der Waals surface area contributed by atoms with Gasteiger partial charge >= 0.3 is 0 Å². The maximum Gasteiger partial charge on any atom is 0.274 e. The summed E-state index contributed by atoms with van der Waals surface area (Å²) in [6.45, 7) is 3.52. The summed E-state index contributed by atoms with van der Waals surface area (Å²) in [7, 11) is 0. The van der Waals surface area contributed by atoms with Gasteiger partial charge in [-0.3, -0.25) is 4.79 Å². The van der Waals surface area contributed by atoms with Gasteiger partial charge in [-0.05, 0) is 38.0 Å². The minimum atomic E-state index is -1.01. The number of aryl methyl sites for hydroxylation is 1. The van der Waals surface area contributed by atoms with Gasteiger partial charge in [0.25, 0.3) is 5.91 Å². The number of hydrogen-bond donors (Lipinski definition) is 1. The summed E-state index contributed by atoms with van der Waals surface area (Å²) < 4.78 is 26.1. The SMILES string of the molecule is Cc1cc(C(=O)Nc2ccc(F)c(F)c2)nc(N2CCCC2)n1. The molecule has 1 saturated heterocycles. The van der Waals surface area contributed by atoms with Crippen molar-refractivity contribution < 1.29 is 13.6 Å². The van der Waals surface area contributed by atoms with Crippen LogP contribution in [0.25, 0.3) is 0 Å². The first-order chi connectivity index (χ1) is 11.0. The van der Waals surface area contributed by atoms with E-state index in [4.69, 9.17) is 0 Å². The third-order valence-electron chi connectivity index (χ3n) is 3.64. The van der Waals surface area contributed by atoms with Gasteiger partial charge in [-0.1, -0.05) is 0 Å². The molecule has 2 aromatic rings. The molecule has 0 bridgehead atoms. The zero-order valence-electron chi connectivity index (χ0n) is 12.6. The molecule has 7 heteroatoms. The molecule has 1 aromatic heterocycles. The monoisotopic (exact) mass is 318 g/mol. The fraction of sp³-hybridized carbons (Fsp3) is 0.312. The van der Waals surface area contributed by atoms with Gasteiger partial charge < -0.3 is 10.2 Å². The lowest BCUT2D eigenvalue weighted by atomic mass is 10.2. The molecule has 1 amide bonds. The third kappa shape index (κ3) is 3.44. The van der Waals surface area contributed by atoms with Crippen molar-refractivity contribution in [3.63, 3.8) is 0 Å². The van der Waals surface area contributed by atoms with Gasteiger partial charge in [-0.25, -0.2) is 18.7 Å². The first-order valence-corrected chi connectivity index (χ1v) is 7.40. The zero-order valence-corrected chi connectivity index (χ0v) is 12.6. The van der Waals surface area contributed by atoms with E-state index in [-0.39, 0.29) is 11.4 Å². The fourth-order valence-corrected chi connectivity index (χ4v) is 2.50. The molecule has 5 nitrogen and oxygen atoms in total. The molecule has 0 atom stereocenters. The number of nitrogens with zero attached hydrogens (tertiary/aromatic N) is 3. The normalized spacial score (nSPS) is 14.1. The highest BCUT2D eigenvalue weighted by atomic mass is 19.2. The molecule has 0 spiro atoms. The Labute approximate surface area is 132 Å². The predicted molar refractivity (Wildman–Crippen MR) is 82.5 cm³/mol. The number of aromatic nitrogens is 2. The highest BCUT2D eigenvalue weighted by molar-refractivity contribution is 6.03. The molecule has 0 radical (unpaired) electrons.